The van der Waals surface area contributed by atoms with Gasteiger partial charge in [-0.25, -0.2) is 0 Å². The average molecular weight is 487 g/mol. The highest BCUT2D eigenvalue weighted by atomic mass is 16.7. The normalized spacial score (nSPS) is 61.4. The third-order valence-electron chi connectivity index (χ3n) is 14.0. The lowest BCUT2D eigenvalue weighted by Crippen LogP contribution is -2.65. The quantitative estimate of drug-likeness (QED) is 0.545. The molecule has 0 aromatic rings. The van der Waals surface area contributed by atoms with Gasteiger partial charge >= 0.3 is 0 Å². The van der Waals surface area contributed by atoms with E-state index in [1.54, 1.807) is 0 Å². The highest BCUT2D eigenvalue weighted by Crippen LogP contribution is 2.91. The topological polar surface area (TPSA) is 79.3 Å². The molecule has 7 fully saturated rings. The van der Waals surface area contributed by atoms with Gasteiger partial charge in [-0.3, -0.25) is 4.79 Å². The fraction of sp³-hybridized carbons (Fsp3) is 0.967. The molecule has 5 aliphatic carbocycles. The maximum atomic E-state index is 12.9. The highest BCUT2D eigenvalue weighted by Gasteiger charge is 2.85. The number of Topliss-reactive ketones (excluding diaryl/α,β-unsaturated/α-hetero) is 1. The molecule has 2 saturated heterocycles. The Balaban J connectivity index is 1.20. The van der Waals surface area contributed by atoms with Crippen LogP contribution in [0.4, 0.5) is 0 Å². The zero-order chi connectivity index (χ0) is 25.0. The number of carbonyl (C=O) groups is 1. The summed E-state index contributed by atoms with van der Waals surface area (Å²) in [5, 5.41) is 23.0. The molecular weight excluding hydrogens is 440 g/mol. The molecule has 5 saturated carbocycles. The van der Waals surface area contributed by atoms with Gasteiger partial charge in [0, 0.05) is 23.2 Å². The van der Waals surface area contributed by atoms with Crippen molar-refractivity contribution in [1.29, 1.82) is 0 Å². The lowest BCUT2D eigenvalue weighted by molar-refractivity contribution is -0.224. The van der Waals surface area contributed by atoms with Gasteiger partial charge in [-0.2, -0.15) is 0 Å². The molecule has 0 spiro atoms. The first-order chi connectivity index (χ1) is 16.2. The average Bonchev–Trinajstić information content (AvgIpc) is 3.53. The van der Waals surface area contributed by atoms with Crippen molar-refractivity contribution in [2.45, 2.75) is 130 Å². The minimum atomic E-state index is -0.690. The lowest BCUT2D eigenvalue weighted by atomic mass is 9.37. The third kappa shape index (κ3) is 2.54. The minimum absolute atomic E-state index is 0.00373. The van der Waals surface area contributed by atoms with Gasteiger partial charge in [-0.15, -0.1) is 0 Å². The highest BCUT2D eigenvalue weighted by molar-refractivity contribution is 5.85. The van der Waals surface area contributed by atoms with E-state index in [2.05, 4.69) is 41.5 Å². The second kappa shape index (κ2) is 6.55. The number of ketones is 1. The van der Waals surface area contributed by atoms with Crippen molar-refractivity contribution >= 4 is 5.78 Å². The van der Waals surface area contributed by atoms with Gasteiger partial charge in [0.15, 0.2) is 6.29 Å². The van der Waals surface area contributed by atoms with Crippen molar-refractivity contribution in [3.8, 4) is 0 Å². The van der Waals surface area contributed by atoms with Crippen LogP contribution in [-0.4, -0.2) is 46.2 Å². The third-order valence-corrected chi connectivity index (χ3v) is 14.0. The number of epoxide rings is 1. The first-order valence-corrected chi connectivity index (χ1v) is 14.5. The fourth-order valence-electron chi connectivity index (χ4n) is 12.2. The molecular formula is C30H46O5. The van der Waals surface area contributed by atoms with Gasteiger partial charge in [0.1, 0.15) is 11.9 Å². The monoisotopic (exact) mass is 486 g/mol. The van der Waals surface area contributed by atoms with E-state index < -0.39 is 6.29 Å². The zero-order valence-electron chi connectivity index (χ0n) is 22.6. The van der Waals surface area contributed by atoms with E-state index in [0.29, 0.717) is 24.0 Å². The van der Waals surface area contributed by atoms with Crippen LogP contribution in [0.15, 0.2) is 0 Å². The lowest BCUT2D eigenvalue weighted by Gasteiger charge is -2.67. The standard InChI is InChI=1S/C30H46O5/c1-25(2)20-14-22(32)28(6)19(27(20,5)10-9-21(25)31)8-11-29-15-30(28,29)12-7-17(29)16-13-18(34-24(16)33)23-26(3,4)35-23/h16-20,22-24,32-33H,7-15H2,1-6H3/t16-,17-,18+,19+,20-,22+,23-,24-,27+,28-,29+,30+/m0/s1. The molecule has 0 amide bonds. The second-order valence-corrected chi connectivity index (χ2v) is 15.5. The Bertz CT molecular complexity index is 974. The molecule has 35 heavy (non-hydrogen) atoms. The molecule has 0 aromatic carbocycles. The maximum absolute atomic E-state index is 12.9. The van der Waals surface area contributed by atoms with Gasteiger partial charge in [-0.05, 0) is 99.2 Å². The number of rotatable bonds is 2. The van der Waals surface area contributed by atoms with Crippen LogP contribution in [0.2, 0.25) is 0 Å². The molecule has 5 heteroatoms. The van der Waals surface area contributed by atoms with E-state index in [1.807, 2.05) is 0 Å². The Morgan fingerprint density at radius 1 is 0.914 bits per heavy atom. The van der Waals surface area contributed by atoms with Crippen LogP contribution in [0, 0.1) is 50.7 Å². The van der Waals surface area contributed by atoms with E-state index >= 15 is 0 Å². The van der Waals surface area contributed by atoms with E-state index in [-0.39, 0.29) is 62.8 Å². The number of ether oxygens (including phenoxy) is 2. The van der Waals surface area contributed by atoms with Crippen molar-refractivity contribution in [2.24, 2.45) is 50.7 Å². The molecule has 196 valence electrons. The minimum Gasteiger partial charge on any atom is -0.393 e. The summed E-state index contributed by atoms with van der Waals surface area (Å²) in [6, 6.07) is 0. The summed E-state index contributed by atoms with van der Waals surface area (Å²) in [4.78, 5) is 12.9. The van der Waals surface area contributed by atoms with Crippen molar-refractivity contribution in [1.82, 2.24) is 0 Å². The van der Waals surface area contributed by atoms with Crippen LogP contribution in [0.25, 0.3) is 0 Å². The predicted octanol–water partition coefficient (Wildman–Crippen LogP) is 4.87. The molecule has 0 radical (unpaired) electrons. The molecule has 7 aliphatic rings. The number of carbonyl (C=O) groups excluding carboxylic acids is 1. The van der Waals surface area contributed by atoms with Gasteiger partial charge in [-0.1, -0.05) is 27.7 Å². The number of hydrogen-bond donors (Lipinski definition) is 2. The summed E-state index contributed by atoms with van der Waals surface area (Å²) in [7, 11) is 0. The second-order valence-electron chi connectivity index (χ2n) is 15.5. The molecule has 2 N–H and O–H groups in total. The van der Waals surface area contributed by atoms with E-state index in [9.17, 15) is 15.0 Å². The summed E-state index contributed by atoms with van der Waals surface area (Å²) in [6.45, 7) is 13.4. The molecule has 0 aromatic heterocycles. The van der Waals surface area contributed by atoms with Crippen LogP contribution in [-0.2, 0) is 14.3 Å². The Labute approximate surface area is 210 Å². The molecule has 12 atom stereocenters. The number of aliphatic hydroxyl groups excluding tert-OH is 2. The Hall–Kier alpha value is -0.490. The molecule has 0 unspecified atom stereocenters. The van der Waals surface area contributed by atoms with Gasteiger partial charge in [0.05, 0.1) is 17.8 Å². The first-order valence-electron chi connectivity index (χ1n) is 14.5. The van der Waals surface area contributed by atoms with E-state index in [4.69, 9.17) is 9.47 Å². The van der Waals surface area contributed by atoms with E-state index in [1.165, 1.54) is 19.3 Å². The van der Waals surface area contributed by atoms with Gasteiger partial charge < -0.3 is 19.7 Å². The Kier molecular flexibility index (Phi) is 4.42. The van der Waals surface area contributed by atoms with Crippen LogP contribution in [0.5, 0.6) is 0 Å². The predicted molar refractivity (Wildman–Crippen MR) is 131 cm³/mol. The Morgan fingerprint density at radius 3 is 2.31 bits per heavy atom. The van der Waals surface area contributed by atoms with Gasteiger partial charge in [0.25, 0.3) is 0 Å². The largest absolute Gasteiger partial charge is 0.393 e. The first kappa shape index (κ1) is 23.6. The van der Waals surface area contributed by atoms with Gasteiger partial charge in [0.2, 0.25) is 0 Å². The molecule has 0 bridgehead atoms. The summed E-state index contributed by atoms with van der Waals surface area (Å²) in [5.74, 6) is 1.77. The summed E-state index contributed by atoms with van der Waals surface area (Å²) < 4.78 is 12.0. The Morgan fingerprint density at radius 2 is 1.63 bits per heavy atom. The molecule has 7 rings (SSSR count). The fourth-order valence-corrected chi connectivity index (χ4v) is 12.2. The zero-order valence-corrected chi connectivity index (χ0v) is 22.6. The van der Waals surface area contributed by atoms with Crippen molar-refractivity contribution in [3.05, 3.63) is 0 Å². The van der Waals surface area contributed by atoms with Crippen LogP contribution in [0.3, 0.4) is 0 Å². The van der Waals surface area contributed by atoms with Crippen molar-refractivity contribution < 1.29 is 24.5 Å². The molecule has 2 heterocycles. The SMILES string of the molecule is CC1(C)O[C@H]1[C@H]1C[C@@H]([C@@H]2CC[C@]34C[C@]23CC[C@@H]2[C@@]3(C)CCC(=O)C(C)(C)[C@@H]3C[C@@H](O)[C@]24C)[C@@H](O)O1. The number of aliphatic hydroxyl groups is 2. The molecule has 5 nitrogen and oxygen atoms in total. The van der Waals surface area contributed by atoms with Crippen molar-refractivity contribution in [3.63, 3.8) is 0 Å². The van der Waals surface area contributed by atoms with Crippen LogP contribution < -0.4 is 0 Å². The van der Waals surface area contributed by atoms with Crippen LogP contribution >= 0.6 is 0 Å². The summed E-state index contributed by atoms with van der Waals surface area (Å²) in [6.07, 6.45) is 8.27. The van der Waals surface area contributed by atoms with Crippen molar-refractivity contribution in [2.75, 3.05) is 0 Å². The van der Waals surface area contributed by atoms with E-state index in [0.717, 1.165) is 32.1 Å². The molecule has 2 aliphatic heterocycles. The smallest absolute Gasteiger partial charge is 0.158 e. The van der Waals surface area contributed by atoms with Crippen LogP contribution in [0.1, 0.15) is 99.3 Å². The number of fused-ring (bicyclic) bond motifs is 3. The maximum Gasteiger partial charge on any atom is 0.158 e. The number of hydrogen-bond acceptors (Lipinski definition) is 5. The summed E-state index contributed by atoms with van der Waals surface area (Å²) in [5.41, 5.74) is -0.0419. The summed E-state index contributed by atoms with van der Waals surface area (Å²) >= 11 is 0.